The van der Waals surface area contributed by atoms with Crippen molar-refractivity contribution in [3.05, 3.63) is 64.8 Å². The third kappa shape index (κ3) is 4.21. The number of benzene rings is 2. The molecule has 0 spiro atoms. The average Bonchev–Trinajstić information content (AvgIpc) is 2.46. The monoisotopic (exact) mass is 341 g/mol. The minimum absolute atomic E-state index is 0. The minimum atomic E-state index is -4.64. The maximum atomic E-state index is 12.1. The maximum absolute atomic E-state index is 12.1. The van der Waals surface area contributed by atoms with E-state index in [-0.39, 0.29) is 51.7 Å². The van der Waals surface area contributed by atoms with Crippen LogP contribution in [0.5, 0.6) is 5.75 Å². The molecule has 1 heterocycles. The summed E-state index contributed by atoms with van der Waals surface area (Å²) >= 11 is 0. The van der Waals surface area contributed by atoms with Crippen molar-refractivity contribution in [2.24, 2.45) is 0 Å². The molecule has 2 aromatic carbocycles. The molecule has 0 aliphatic rings. The predicted molar refractivity (Wildman–Crippen MR) is 85.9 cm³/mol. The molecule has 0 unspecified atom stereocenters. The van der Waals surface area contributed by atoms with Crippen LogP contribution in [0.2, 0.25) is 0 Å². The van der Waals surface area contributed by atoms with Crippen LogP contribution < -0.4 is 9.61 Å². The molecule has 0 amide bonds. The molecule has 1 aromatic heterocycles. The van der Waals surface area contributed by atoms with E-state index < -0.39 is 10.4 Å². The second-order valence-corrected chi connectivity index (χ2v) is 5.53. The first-order chi connectivity index (χ1) is 10.4. The summed E-state index contributed by atoms with van der Waals surface area (Å²) in [4.78, 5) is 12.1. The van der Waals surface area contributed by atoms with Gasteiger partial charge < -0.3 is 8.60 Å². The fraction of sp³-hybridized carbons (Fsp3) is 0. The molecule has 3 aromatic rings. The zero-order valence-electron chi connectivity index (χ0n) is 12.1. The molecule has 0 saturated heterocycles. The first-order valence-corrected chi connectivity index (χ1v) is 7.59. The van der Waals surface area contributed by atoms with E-state index in [4.69, 9.17) is 8.97 Å². The van der Waals surface area contributed by atoms with Gasteiger partial charge in [-0.25, -0.2) is 0 Å². The van der Waals surface area contributed by atoms with Crippen LogP contribution in [-0.2, 0) is 10.4 Å². The standard InChI is InChI=1S/C15H10O6S.Na/c16-13-9-14(10-4-2-1-3-5-10)20-15-8-11(6-7-12(13)15)21-22(17,18)19;/h1-9H,(H,17,18,19);. The van der Waals surface area contributed by atoms with Crippen molar-refractivity contribution in [2.75, 3.05) is 0 Å². The fourth-order valence-electron chi connectivity index (χ4n) is 2.05. The summed E-state index contributed by atoms with van der Waals surface area (Å²) in [5.74, 6) is 0.200. The van der Waals surface area contributed by atoms with Crippen molar-refractivity contribution in [1.29, 1.82) is 0 Å². The van der Waals surface area contributed by atoms with E-state index in [2.05, 4.69) is 4.18 Å². The smallest absolute Gasteiger partial charge is 0.446 e. The van der Waals surface area contributed by atoms with E-state index in [0.29, 0.717) is 11.3 Å². The van der Waals surface area contributed by atoms with E-state index in [9.17, 15) is 13.2 Å². The molecule has 6 nitrogen and oxygen atoms in total. The summed E-state index contributed by atoms with van der Waals surface area (Å²) in [5, 5.41) is 0.280. The van der Waals surface area contributed by atoms with Crippen LogP contribution in [-0.4, -0.2) is 42.5 Å². The van der Waals surface area contributed by atoms with Gasteiger partial charge in [-0.1, -0.05) is 30.3 Å². The SMILES string of the molecule is O=c1cc(-c2ccccc2)oc2cc(OS(=O)(=O)O)ccc12.[Na]. The van der Waals surface area contributed by atoms with Gasteiger partial charge in [-0.05, 0) is 12.1 Å². The number of rotatable bonds is 3. The fourth-order valence-corrected chi connectivity index (χ4v) is 2.40. The Hall–Kier alpha value is -1.64. The van der Waals surface area contributed by atoms with Gasteiger partial charge in [0, 0.05) is 47.3 Å². The summed E-state index contributed by atoms with van der Waals surface area (Å²) in [6.07, 6.45) is 0. The molecule has 1 N–H and O–H groups in total. The van der Waals surface area contributed by atoms with Gasteiger partial charge in [0.05, 0.1) is 5.39 Å². The maximum Gasteiger partial charge on any atom is 0.446 e. The average molecular weight is 341 g/mol. The number of hydrogen-bond acceptors (Lipinski definition) is 5. The number of fused-ring (bicyclic) bond motifs is 1. The Morgan fingerprint density at radius 3 is 2.35 bits per heavy atom. The topological polar surface area (TPSA) is 93.8 Å². The Kier molecular flexibility index (Phi) is 5.28. The van der Waals surface area contributed by atoms with Crippen molar-refractivity contribution in [3.8, 4) is 17.1 Å². The van der Waals surface area contributed by atoms with Crippen LogP contribution >= 0.6 is 0 Å². The van der Waals surface area contributed by atoms with Crippen molar-refractivity contribution < 1.29 is 21.6 Å². The Labute approximate surface area is 154 Å². The molecule has 0 atom stereocenters. The summed E-state index contributed by atoms with van der Waals surface area (Å²) < 4.78 is 40.1. The second kappa shape index (κ2) is 6.86. The van der Waals surface area contributed by atoms with Crippen molar-refractivity contribution in [3.63, 3.8) is 0 Å². The van der Waals surface area contributed by atoms with Crippen LogP contribution in [0.3, 0.4) is 0 Å². The third-order valence-electron chi connectivity index (χ3n) is 2.96. The Morgan fingerprint density at radius 1 is 1.00 bits per heavy atom. The Balaban J connectivity index is 0.00000192. The van der Waals surface area contributed by atoms with E-state index in [0.717, 1.165) is 0 Å². The summed E-state index contributed by atoms with van der Waals surface area (Å²) in [6, 6.07) is 14.2. The summed E-state index contributed by atoms with van der Waals surface area (Å²) in [7, 11) is -4.64. The molecular weight excluding hydrogens is 331 g/mol. The van der Waals surface area contributed by atoms with E-state index >= 15 is 0 Å². The molecule has 1 radical (unpaired) electrons. The molecule has 0 aliphatic heterocycles. The van der Waals surface area contributed by atoms with E-state index in [1.54, 1.807) is 24.3 Å². The van der Waals surface area contributed by atoms with Crippen molar-refractivity contribution in [1.82, 2.24) is 0 Å². The predicted octanol–water partition coefficient (Wildman–Crippen LogP) is 2.26. The van der Waals surface area contributed by atoms with Crippen LogP contribution in [0.1, 0.15) is 0 Å². The first-order valence-electron chi connectivity index (χ1n) is 6.23. The van der Waals surface area contributed by atoms with E-state index in [1.807, 2.05) is 6.07 Å². The Bertz CT molecular complexity index is 995. The van der Waals surface area contributed by atoms with Gasteiger partial charge in [-0.15, -0.1) is 0 Å². The van der Waals surface area contributed by atoms with Gasteiger partial charge in [0.1, 0.15) is 17.1 Å². The van der Waals surface area contributed by atoms with Crippen LogP contribution in [0, 0.1) is 0 Å². The molecule has 0 aliphatic carbocycles. The third-order valence-corrected chi connectivity index (χ3v) is 3.36. The Morgan fingerprint density at radius 2 is 1.70 bits per heavy atom. The molecule has 23 heavy (non-hydrogen) atoms. The van der Waals surface area contributed by atoms with E-state index in [1.165, 1.54) is 24.3 Å². The molecule has 0 saturated carbocycles. The van der Waals surface area contributed by atoms with Crippen LogP contribution in [0.15, 0.2) is 63.8 Å². The first kappa shape index (κ1) is 17.7. The zero-order valence-corrected chi connectivity index (χ0v) is 14.9. The van der Waals surface area contributed by atoms with Gasteiger partial charge in [0.25, 0.3) is 0 Å². The van der Waals surface area contributed by atoms with Crippen molar-refractivity contribution in [2.45, 2.75) is 0 Å². The van der Waals surface area contributed by atoms with Crippen LogP contribution in [0.25, 0.3) is 22.3 Å². The van der Waals surface area contributed by atoms with Gasteiger partial charge >= 0.3 is 10.4 Å². The zero-order chi connectivity index (χ0) is 15.7. The summed E-state index contributed by atoms with van der Waals surface area (Å²) in [5.41, 5.74) is 0.605. The van der Waals surface area contributed by atoms with Gasteiger partial charge in [-0.3, -0.25) is 9.35 Å². The molecule has 0 fully saturated rings. The molecular formula is C15H10NaO6S. The number of hydrogen-bond donors (Lipinski definition) is 1. The van der Waals surface area contributed by atoms with Gasteiger partial charge in [0.2, 0.25) is 0 Å². The minimum Gasteiger partial charge on any atom is -0.456 e. The molecule has 8 heteroatoms. The van der Waals surface area contributed by atoms with Crippen molar-refractivity contribution >= 4 is 50.9 Å². The second-order valence-electron chi connectivity index (χ2n) is 4.51. The van der Waals surface area contributed by atoms with Gasteiger partial charge in [-0.2, -0.15) is 8.42 Å². The normalized spacial score (nSPS) is 11.0. The quantitative estimate of drug-likeness (QED) is 0.580. The van der Waals surface area contributed by atoms with Gasteiger partial charge in [0.15, 0.2) is 5.43 Å². The molecule has 0 bridgehead atoms. The molecule has 3 rings (SSSR count). The molecule has 113 valence electrons. The van der Waals surface area contributed by atoms with Crippen LogP contribution in [0.4, 0.5) is 0 Å². The summed E-state index contributed by atoms with van der Waals surface area (Å²) in [6.45, 7) is 0. The largest absolute Gasteiger partial charge is 0.456 e.